The van der Waals surface area contributed by atoms with E-state index >= 15 is 0 Å². The molecule has 0 radical (unpaired) electrons. The molecule has 2 aromatic rings. The second-order valence-electron chi connectivity index (χ2n) is 4.65. The topological polar surface area (TPSA) is 78.2 Å². The van der Waals surface area contributed by atoms with Crippen LogP contribution in [0.1, 0.15) is 0 Å². The van der Waals surface area contributed by atoms with Crippen molar-refractivity contribution in [1.29, 1.82) is 0 Å². The van der Waals surface area contributed by atoms with E-state index in [1.807, 2.05) is 24.3 Å². The molecule has 0 amide bonds. The summed E-state index contributed by atoms with van der Waals surface area (Å²) in [5.74, 6) is 0. The molecule has 0 spiro atoms. The smallest absolute Gasteiger partial charge is 0.326 e. The van der Waals surface area contributed by atoms with E-state index in [2.05, 4.69) is 14.9 Å². The number of ether oxygens (including phenoxy) is 1. The highest BCUT2D eigenvalue weighted by Crippen LogP contribution is 2.22. The van der Waals surface area contributed by atoms with Gasteiger partial charge in [0.05, 0.1) is 18.9 Å². The first-order chi connectivity index (χ1) is 9.72. The first kappa shape index (κ1) is 12.7. The SMILES string of the molecule is O=c1cc(-c2cccc(N3CCOCC3)c2)[nH]c(=O)[nH]1. The van der Waals surface area contributed by atoms with Crippen LogP contribution in [0.15, 0.2) is 39.9 Å². The Morgan fingerprint density at radius 1 is 1.05 bits per heavy atom. The fourth-order valence-electron chi connectivity index (χ4n) is 2.32. The van der Waals surface area contributed by atoms with Gasteiger partial charge >= 0.3 is 5.69 Å². The maximum absolute atomic E-state index is 11.4. The molecule has 1 aromatic heterocycles. The Balaban J connectivity index is 1.98. The Bertz CT molecular complexity index is 686. The minimum Gasteiger partial charge on any atom is -0.378 e. The van der Waals surface area contributed by atoms with Crippen molar-refractivity contribution in [3.8, 4) is 11.3 Å². The summed E-state index contributed by atoms with van der Waals surface area (Å²) < 4.78 is 5.33. The monoisotopic (exact) mass is 273 g/mol. The molecule has 2 N–H and O–H groups in total. The average Bonchev–Trinajstić information content (AvgIpc) is 2.47. The third-order valence-corrected chi connectivity index (χ3v) is 3.29. The number of hydrogen-bond acceptors (Lipinski definition) is 4. The summed E-state index contributed by atoms with van der Waals surface area (Å²) in [7, 11) is 0. The minimum atomic E-state index is -0.496. The average molecular weight is 273 g/mol. The number of nitrogens with one attached hydrogen (secondary N) is 2. The molecular formula is C14H15N3O3. The highest BCUT2D eigenvalue weighted by Gasteiger charge is 2.12. The van der Waals surface area contributed by atoms with Crippen LogP contribution in [0, 0.1) is 0 Å². The summed E-state index contributed by atoms with van der Waals surface area (Å²) >= 11 is 0. The van der Waals surface area contributed by atoms with Gasteiger partial charge in [-0.15, -0.1) is 0 Å². The van der Waals surface area contributed by atoms with Gasteiger partial charge in [0.1, 0.15) is 0 Å². The maximum atomic E-state index is 11.4. The lowest BCUT2D eigenvalue weighted by atomic mass is 10.1. The molecule has 1 saturated heterocycles. The quantitative estimate of drug-likeness (QED) is 0.838. The first-order valence-electron chi connectivity index (χ1n) is 6.49. The van der Waals surface area contributed by atoms with Gasteiger partial charge < -0.3 is 14.6 Å². The molecule has 3 rings (SSSR count). The van der Waals surface area contributed by atoms with E-state index in [1.54, 1.807) is 0 Å². The van der Waals surface area contributed by atoms with E-state index in [0.29, 0.717) is 18.9 Å². The van der Waals surface area contributed by atoms with Gasteiger partial charge in [0.15, 0.2) is 0 Å². The normalized spacial score (nSPS) is 15.3. The van der Waals surface area contributed by atoms with Crippen molar-refractivity contribution in [3.05, 3.63) is 51.2 Å². The molecule has 6 heteroatoms. The number of morpholine rings is 1. The summed E-state index contributed by atoms with van der Waals surface area (Å²) in [5, 5.41) is 0. The van der Waals surface area contributed by atoms with Gasteiger partial charge in [0, 0.05) is 30.4 Å². The van der Waals surface area contributed by atoms with Crippen molar-refractivity contribution in [2.45, 2.75) is 0 Å². The molecule has 1 fully saturated rings. The molecule has 0 aliphatic carbocycles. The summed E-state index contributed by atoms with van der Waals surface area (Å²) in [6.07, 6.45) is 0. The Labute approximate surface area is 115 Å². The van der Waals surface area contributed by atoms with E-state index in [4.69, 9.17) is 4.74 Å². The molecule has 2 heterocycles. The van der Waals surface area contributed by atoms with Gasteiger partial charge in [0.2, 0.25) is 0 Å². The highest BCUT2D eigenvalue weighted by molar-refractivity contribution is 5.65. The Hall–Kier alpha value is -2.34. The van der Waals surface area contributed by atoms with Gasteiger partial charge in [-0.1, -0.05) is 12.1 Å². The minimum absolute atomic E-state index is 0.402. The number of aromatic nitrogens is 2. The Morgan fingerprint density at radius 3 is 2.60 bits per heavy atom. The zero-order chi connectivity index (χ0) is 13.9. The molecule has 6 nitrogen and oxygen atoms in total. The van der Waals surface area contributed by atoms with Crippen LogP contribution in [0.5, 0.6) is 0 Å². The number of rotatable bonds is 2. The van der Waals surface area contributed by atoms with E-state index in [9.17, 15) is 9.59 Å². The van der Waals surface area contributed by atoms with Gasteiger partial charge in [-0.25, -0.2) is 4.79 Å². The van der Waals surface area contributed by atoms with Crippen molar-refractivity contribution < 1.29 is 4.74 Å². The molecule has 1 aromatic carbocycles. The van der Waals surface area contributed by atoms with Crippen LogP contribution < -0.4 is 16.1 Å². The zero-order valence-corrected chi connectivity index (χ0v) is 10.9. The van der Waals surface area contributed by atoms with Gasteiger partial charge in [-0.3, -0.25) is 9.78 Å². The number of nitrogens with zero attached hydrogens (tertiary/aromatic N) is 1. The van der Waals surface area contributed by atoms with E-state index in [1.165, 1.54) is 6.07 Å². The number of benzene rings is 1. The molecule has 1 aliphatic heterocycles. The number of hydrogen-bond donors (Lipinski definition) is 2. The van der Waals surface area contributed by atoms with Crippen LogP contribution in [0.4, 0.5) is 5.69 Å². The number of anilines is 1. The third kappa shape index (κ3) is 2.65. The van der Waals surface area contributed by atoms with Crippen LogP contribution in [0.25, 0.3) is 11.3 Å². The number of aromatic amines is 2. The van der Waals surface area contributed by atoms with E-state index < -0.39 is 11.2 Å². The van der Waals surface area contributed by atoms with Crippen LogP contribution in [0.3, 0.4) is 0 Å². The fraction of sp³-hybridized carbons (Fsp3) is 0.286. The number of H-pyrrole nitrogens is 2. The molecule has 20 heavy (non-hydrogen) atoms. The summed E-state index contributed by atoms with van der Waals surface area (Å²) in [5.41, 5.74) is 1.50. The van der Waals surface area contributed by atoms with Gasteiger partial charge in [-0.05, 0) is 12.1 Å². The summed E-state index contributed by atoms with van der Waals surface area (Å²) in [6, 6.07) is 9.16. The molecule has 0 saturated carbocycles. The van der Waals surface area contributed by atoms with Crippen molar-refractivity contribution >= 4 is 5.69 Å². The van der Waals surface area contributed by atoms with E-state index in [0.717, 1.165) is 24.3 Å². The van der Waals surface area contributed by atoms with Gasteiger partial charge in [-0.2, -0.15) is 0 Å². The van der Waals surface area contributed by atoms with Crippen molar-refractivity contribution in [3.63, 3.8) is 0 Å². The summed E-state index contributed by atoms with van der Waals surface area (Å²) in [4.78, 5) is 29.7. The van der Waals surface area contributed by atoms with E-state index in [-0.39, 0.29) is 0 Å². The lowest BCUT2D eigenvalue weighted by Crippen LogP contribution is -2.36. The van der Waals surface area contributed by atoms with Crippen LogP contribution in [-0.4, -0.2) is 36.3 Å². The lowest BCUT2D eigenvalue weighted by molar-refractivity contribution is 0.122. The lowest BCUT2D eigenvalue weighted by Gasteiger charge is -2.29. The standard InChI is InChI=1S/C14H15N3O3/c18-13-9-12(15-14(19)16-13)10-2-1-3-11(8-10)17-4-6-20-7-5-17/h1-3,8-9H,4-7H2,(H2,15,16,18,19). The molecule has 0 unspecified atom stereocenters. The predicted octanol–water partition coefficient (Wildman–Crippen LogP) is 0.567. The molecule has 0 atom stereocenters. The molecule has 0 bridgehead atoms. The van der Waals surface area contributed by atoms with Crippen molar-refractivity contribution in [1.82, 2.24) is 9.97 Å². The third-order valence-electron chi connectivity index (χ3n) is 3.29. The Morgan fingerprint density at radius 2 is 1.85 bits per heavy atom. The second kappa shape index (κ2) is 5.34. The molecule has 1 aliphatic rings. The largest absolute Gasteiger partial charge is 0.378 e. The zero-order valence-electron chi connectivity index (χ0n) is 10.9. The van der Waals surface area contributed by atoms with Crippen LogP contribution in [-0.2, 0) is 4.74 Å². The maximum Gasteiger partial charge on any atom is 0.326 e. The first-order valence-corrected chi connectivity index (χ1v) is 6.49. The summed E-state index contributed by atoms with van der Waals surface area (Å²) in [6.45, 7) is 3.11. The Kier molecular flexibility index (Phi) is 3.39. The predicted molar refractivity (Wildman–Crippen MR) is 76.2 cm³/mol. The van der Waals surface area contributed by atoms with Crippen LogP contribution >= 0.6 is 0 Å². The fourth-order valence-corrected chi connectivity index (χ4v) is 2.32. The molecular weight excluding hydrogens is 258 g/mol. The highest BCUT2D eigenvalue weighted by atomic mass is 16.5. The van der Waals surface area contributed by atoms with Crippen molar-refractivity contribution in [2.24, 2.45) is 0 Å². The van der Waals surface area contributed by atoms with Crippen molar-refractivity contribution in [2.75, 3.05) is 31.2 Å². The van der Waals surface area contributed by atoms with Crippen LogP contribution in [0.2, 0.25) is 0 Å². The second-order valence-corrected chi connectivity index (χ2v) is 4.65. The molecule has 104 valence electrons. The van der Waals surface area contributed by atoms with Gasteiger partial charge in [0.25, 0.3) is 5.56 Å².